The van der Waals surface area contributed by atoms with Gasteiger partial charge in [-0.15, -0.1) is 0 Å². The Labute approximate surface area is 68.6 Å². The molecule has 1 rings (SSSR count). The van der Waals surface area contributed by atoms with Crippen LogP contribution in [-0.4, -0.2) is 28.7 Å². The number of hydrogen-bond acceptors (Lipinski definition) is 1. The van der Waals surface area contributed by atoms with Crippen LogP contribution in [0.3, 0.4) is 0 Å². The van der Waals surface area contributed by atoms with Crippen molar-refractivity contribution in [3.63, 3.8) is 0 Å². The van der Waals surface area contributed by atoms with Gasteiger partial charge in [-0.2, -0.15) is 0 Å². The van der Waals surface area contributed by atoms with E-state index in [2.05, 4.69) is 25.7 Å². The van der Waals surface area contributed by atoms with Gasteiger partial charge in [0.2, 0.25) is 0 Å². The zero-order valence-electron chi connectivity index (χ0n) is 8.11. The standard InChI is InChI=1S/C9H18FN/c1-7-9(5,10)6-11(7)8(2,3)4/h7H,6H2,1-5H3. The summed E-state index contributed by atoms with van der Waals surface area (Å²) in [7, 11) is 0. The smallest absolute Gasteiger partial charge is 0.136 e. The maximum absolute atomic E-state index is 13.3. The van der Waals surface area contributed by atoms with Crippen LogP contribution < -0.4 is 0 Å². The lowest BCUT2D eigenvalue weighted by atomic mass is 9.83. The molecule has 1 nitrogen and oxygen atoms in total. The van der Waals surface area contributed by atoms with Gasteiger partial charge in [-0.05, 0) is 34.6 Å². The third-order valence-corrected chi connectivity index (χ3v) is 2.68. The Hall–Kier alpha value is -0.110. The predicted octanol–water partition coefficient (Wildman–Crippen LogP) is 2.22. The third-order valence-electron chi connectivity index (χ3n) is 2.68. The minimum absolute atomic E-state index is 0.0718. The minimum atomic E-state index is -0.965. The fourth-order valence-corrected chi connectivity index (χ4v) is 1.63. The van der Waals surface area contributed by atoms with E-state index in [1.54, 1.807) is 6.92 Å². The summed E-state index contributed by atoms with van der Waals surface area (Å²) in [6, 6.07) is 0.0718. The first-order chi connectivity index (χ1) is 4.75. The highest BCUT2D eigenvalue weighted by atomic mass is 19.1. The van der Waals surface area contributed by atoms with Crippen molar-refractivity contribution in [3.05, 3.63) is 0 Å². The molecule has 0 amide bonds. The van der Waals surface area contributed by atoms with Crippen molar-refractivity contribution in [3.8, 4) is 0 Å². The summed E-state index contributed by atoms with van der Waals surface area (Å²) < 4.78 is 13.3. The molecular weight excluding hydrogens is 141 g/mol. The molecule has 0 bridgehead atoms. The van der Waals surface area contributed by atoms with Gasteiger partial charge in [0.1, 0.15) is 5.67 Å². The highest BCUT2D eigenvalue weighted by Crippen LogP contribution is 2.37. The molecule has 1 aliphatic rings. The second-order valence-electron chi connectivity index (χ2n) is 4.75. The number of hydrogen-bond donors (Lipinski definition) is 0. The lowest BCUT2D eigenvalue weighted by molar-refractivity contribution is -0.121. The van der Waals surface area contributed by atoms with E-state index in [4.69, 9.17) is 0 Å². The summed E-state index contributed by atoms with van der Waals surface area (Å²) in [6.07, 6.45) is 0. The van der Waals surface area contributed by atoms with Gasteiger partial charge in [-0.1, -0.05) is 0 Å². The maximum Gasteiger partial charge on any atom is 0.136 e. The molecule has 66 valence electrons. The summed E-state index contributed by atoms with van der Waals surface area (Å²) in [6.45, 7) is 10.6. The second-order valence-corrected chi connectivity index (χ2v) is 4.75. The summed E-state index contributed by atoms with van der Waals surface area (Å²) in [4.78, 5) is 2.19. The number of alkyl halides is 1. The van der Waals surface area contributed by atoms with Crippen LogP contribution in [-0.2, 0) is 0 Å². The molecule has 1 heterocycles. The van der Waals surface area contributed by atoms with Gasteiger partial charge in [-0.3, -0.25) is 4.90 Å². The highest BCUT2D eigenvalue weighted by Gasteiger charge is 2.50. The number of likely N-dealkylation sites (tertiary alicyclic amines) is 1. The topological polar surface area (TPSA) is 3.24 Å². The van der Waals surface area contributed by atoms with Crippen molar-refractivity contribution in [2.75, 3.05) is 6.54 Å². The molecular formula is C9H18FN. The molecule has 0 aromatic carbocycles. The molecule has 0 aromatic rings. The lowest BCUT2D eigenvalue weighted by Crippen LogP contribution is -2.69. The fraction of sp³-hybridized carbons (Fsp3) is 1.00. The Balaban J connectivity index is 2.59. The van der Waals surface area contributed by atoms with E-state index in [9.17, 15) is 4.39 Å². The van der Waals surface area contributed by atoms with Gasteiger partial charge in [-0.25, -0.2) is 4.39 Å². The number of halogens is 1. The molecule has 2 atom stereocenters. The molecule has 0 spiro atoms. The Morgan fingerprint density at radius 2 is 1.91 bits per heavy atom. The largest absolute Gasteiger partial charge is 0.289 e. The van der Waals surface area contributed by atoms with Crippen LogP contribution in [0.15, 0.2) is 0 Å². The molecule has 0 aromatic heterocycles. The SMILES string of the molecule is CC1N(C(C)(C)C)CC1(C)F. The molecule has 11 heavy (non-hydrogen) atoms. The first kappa shape index (κ1) is 8.98. The average Bonchev–Trinajstić information content (AvgIpc) is 1.80. The number of rotatable bonds is 0. The molecule has 1 fully saturated rings. The summed E-state index contributed by atoms with van der Waals surface area (Å²) in [5, 5.41) is 0. The second kappa shape index (κ2) is 2.19. The van der Waals surface area contributed by atoms with E-state index in [1.165, 1.54) is 0 Å². The first-order valence-electron chi connectivity index (χ1n) is 4.21. The zero-order valence-corrected chi connectivity index (χ0v) is 8.11. The first-order valence-corrected chi connectivity index (χ1v) is 4.21. The van der Waals surface area contributed by atoms with Crippen molar-refractivity contribution in [1.82, 2.24) is 4.90 Å². The third kappa shape index (κ3) is 1.41. The monoisotopic (exact) mass is 159 g/mol. The van der Waals surface area contributed by atoms with Crippen molar-refractivity contribution in [2.24, 2.45) is 0 Å². The Morgan fingerprint density at radius 3 is 2.00 bits per heavy atom. The van der Waals surface area contributed by atoms with Crippen LogP contribution in [0.4, 0.5) is 4.39 Å². The summed E-state index contributed by atoms with van der Waals surface area (Å²) in [5.74, 6) is 0. The van der Waals surface area contributed by atoms with Crippen molar-refractivity contribution < 1.29 is 4.39 Å². The van der Waals surface area contributed by atoms with Gasteiger partial charge < -0.3 is 0 Å². The molecule has 1 aliphatic heterocycles. The van der Waals surface area contributed by atoms with E-state index < -0.39 is 5.67 Å². The summed E-state index contributed by atoms with van der Waals surface area (Å²) in [5.41, 5.74) is -0.849. The van der Waals surface area contributed by atoms with E-state index in [1.807, 2.05) is 6.92 Å². The molecule has 0 N–H and O–H groups in total. The quantitative estimate of drug-likeness (QED) is 0.524. The van der Waals surface area contributed by atoms with Crippen LogP contribution in [0.25, 0.3) is 0 Å². The molecule has 2 heteroatoms. The van der Waals surface area contributed by atoms with Crippen LogP contribution in [0, 0.1) is 0 Å². The van der Waals surface area contributed by atoms with E-state index in [0.29, 0.717) is 6.54 Å². The normalized spacial score (nSPS) is 40.4. The Bertz CT molecular complexity index is 157. The molecule has 0 radical (unpaired) electrons. The lowest BCUT2D eigenvalue weighted by Gasteiger charge is -2.55. The fourth-order valence-electron chi connectivity index (χ4n) is 1.63. The van der Waals surface area contributed by atoms with Gasteiger partial charge in [0, 0.05) is 18.1 Å². The minimum Gasteiger partial charge on any atom is -0.289 e. The predicted molar refractivity (Wildman–Crippen MR) is 45.4 cm³/mol. The summed E-state index contributed by atoms with van der Waals surface area (Å²) >= 11 is 0. The van der Waals surface area contributed by atoms with Gasteiger partial charge in [0.05, 0.1) is 0 Å². The van der Waals surface area contributed by atoms with Gasteiger partial charge >= 0.3 is 0 Å². The van der Waals surface area contributed by atoms with Crippen molar-refractivity contribution in [2.45, 2.75) is 51.9 Å². The van der Waals surface area contributed by atoms with Crippen molar-refractivity contribution in [1.29, 1.82) is 0 Å². The van der Waals surface area contributed by atoms with Crippen LogP contribution >= 0.6 is 0 Å². The van der Waals surface area contributed by atoms with E-state index in [0.717, 1.165) is 0 Å². The number of nitrogens with zero attached hydrogens (tertiary/aromatic N) is 1. The van der Waals surface area contributed by atoms with E-state index >= 15 is 0 Å². The Morgan fingerprint density at radius 1 is 1.45 bits per heavy atom. The Kier molecular flexibility index (Phi) is 1.79. The molecule has 0 saturated carbocycles. The molecule has 0 aliphatic carbocycles. The highest BCUT2D eigenvalue weighted by molar-refractivity contribution is 5.04. The van der Waals surface area contributed by atoms with E-state index in [-0.39, 0.29) is 11.6 Å². The average molecular weight is 159 g/mol. The van der Waals surface area contributed by atoms with Gasteiger partial charge in [0.25, 0.3) is 0 Å². The van der Waals surface area contributed by atoms with Crippen molar-refractivity contribution >= 4 is 0 Å². The zero-order chi connectivity index (χ0) is 8.86. The molecule has 1 saturated heterocycles. The molecule has 2 unspecified atom stereocenters. The van der Waals surface area contributed by atoms with Gasteiger partial charge in [0.15, 0.2) is 0 Å². The van der Waals surface area contributed by atoms with Crippen LogP contribution in [0.5, 0.6) is 0 Å². The maximum atomic E-state index is 13.3. The van der Waals surface area contributed by atoms with Crippen LogP contribution in [0.1, 0.15) is 34.6 Å². The van der Waals surface area contributed by atoms with Crippen LogP contribution in [0.2, 0.25) is 0 Å².